The van der Waals surface area contributed by atoms with Crippen LogP contribution in [-0.4, -0.2) is 22.0 Å². The van der Waals surface area contributed by atoms with Crippen LogP contribution in [0.5, 0.6) is 0 Å². The van der Waals surface area contributed by atoms with Crippen molar-refractivity contribution >= 4 is 34.0 Å². The fourth-order valence-corrected chi connectivity index (χ4v) is 4.29. The lowest BCUT2D eigenvalue weighted by molar-refractivity contribution is -0.136. The third-order valence-electron chi connectivity index (χ3n) is 5.42. The molecule has 0 aliphatic carbocycles. The van der Waals surface area contributed by atoms with Crippen molar-refractivity contribution in [3.63, 3.8) is 0 Å². The minimum atomic E-state index is -0.965. The second kappa shape index (κ2) is 11.4. The summed E-state index contributed by atoms with van der Waals surface area (Å²) in [5, 5.41) is 17.0. The number of carbonyl (C=O) groups excluding carboxylic acids is 1. The molecular formula is C27H24FN3O3S. The van der Waals surface area contributed by atoms with Gasteiger partial charge in [-0.3, -0.25) is 14.9 Å². The minimum absolute atomic E-state index is 0.177. The Kier molecular flexibility index (Phi) is 7.84. The smallest absolute Gasteiger partial charge is 0.309 e. The molecule has 0 radical (unpaired) electrons. The summed E-state index contributed by atoms with van der Waals surface area (Å²) in [5.74, 6) is -1.49. The Hall–Kier alpha value is -4.04. The predicted octanol–water partition coefficient (Wildman–Crippen LogP) is 5.56. The van der Waals surface area contributed by atoms with Gasteiger partial charge in [-0.1, -0.05) is 42.5 Å². The molecule has 1 heterocycles. The number of nitrogens with zero attached hydrogens (tertiary/aromatic N) is 1. The van der Waals surface area contributed by atoms with Crippen molar-refractivity contribution in [2.45, 2.75) is 25.8 Å². The SMILES string of the molecule is O=C(O)Cc1csc(NC(=O)c2ccc(CNc3ccccc3CCc3ccc(F)cc3)cc2)n1. The Morgan fingerprint density at radius 1 is 0.914 bits per heavy atom. The van der Waals surface area contributed by atoms with Gasteiger partial charge in [0.15, 0.2) is 5.13 Å². The number of halogens is 1. The Balaban J connectivity index is 1.32. The van der Waals surface area contributed by atoms with E-state index in [-0.39, 0.29) is 18.1 Å². The number of hydrogen-bond acceptors (Lipinski definition) is 5. The fourth-order valence-electron chi connectivity index (χ4n) is 3.58. The first kappa shape index (κ1) is 24.1. The van der Waals surface area contributed by atoms with Gasteiger partial charge in [0.1, 0.15) is 5.82 Å². The monoisotopic (exact) mass is 489 g/mol. The molecule has 3 aromatic carbocycles. The van der Waals surface area contributed by atoms with Gasteiger partial charge in [0.05, 0.1) is 12.1 Å². The van der Waals surface area contributed by atoms with Crippen LogP contribution in [0.4, 0.5) is 15.2 Å². The van der Waals surface area contributed by atoms with Crippen LogP contribution in [0.15, 0.2) is 78.2 Å². The molecule has 35 heavy (non-hydrogen) atoms. The van der Waals surface area contributed by atoms with Gasteiger partial charge in [-0.25, -0.2) is 9.37 Å². The zero-order valence-corrected chi connectivity index (χ0v) is 19.6. The molecule has 0 unspecified atom stereocenters. The summed E-state index contributed by atoms with van der Waals surface area (Å²) in [6, 6.07) is 22.0. The zero-order valence-electron chi connectivity index (χ0n) is 18.8. The average Bonchev–Trinajstić information content (AvgIpc) is 3.29. The van der Waals surface area contributed by atoms with Crippen molar-refractivity contribution in [1.82, 2.24) is 4.98 Å². The summed E-state index contributed by atoms with van der Waals surface area (Å²) < 4.78 is 13.1. The summed E-state index contributed by atoms with van der Waals surface area (Å²) in [6.07, 6.45) is 1.47. The number of aromatic nitrogens is 1. The van der Waals surface area contributed by atoms with Crippen molar-refractivity contribution in [3.05, 3.63) is 112 Å². The number of aryl methyl sites for hydroxylation is 2. The van der Waals surface area contributed by atoms with E-state index >= 15 is 0 Å². The first-order chi connectivity index (χ1) is 17.0. The number of carbonyl (C=O) groups is 2. The highest BCUT2D eigenvalue weighted by atomic mass is 32.1. The molecule has 0 aliphatic rings. The number of rotatable bonds is 10. The molecule has 0 aliphatic heterocycles. The summed E-state index contributed by atoms with van der Waals surface area (Å²) in [5.41, 5.74) is 5.23. The molecule has 0 fully saturated rings. The normalized spacial score (nSPS) is 10.7. The maximum Gasteiger partial charge on any atom is 0.309 e. The van der Waals surface area contributed by atoms with Crippen molar-refractivity contribution in [3.8, 4) is 0 Å². The van der Waals surface area contributed by atoms with Gasteiger partial charge >= 0.3 is 5.97 Å². The molecule has 0 saturated carbocycles. The minimum Gasteiger partial charge on any atom is -0.481 e. The molecule has 6 nitrogen and oxygen atoms in total. The number of para-hydroxylation sites is 1. The second-order valence-corrected chi connectivity index (χ2v) is 8.86. The van der Waals surface area contributed by atoms with Crippen molar-refractivity contribution in [2.24, 2.45) is 0 Å². The first-order valence-corrected chi connectivity index (χ1v) is 12.0. The molecular weight excluding hydrogens is 465 g/mol. The van der Waals surface area contributed by atoms with Crippen LogP contribution in [0.1, 0.15) is 32.7 Å². The Bertz CT molecular complexity index is 1300. The van der Waals surface area contributed by atoms with Crippen molar-refractivity contribution in [2.75, 3.05) is 10.6 Å². The van der Waals surface area contributed by atoms with Gasteiger partial charge < -0.3 is 10.4 Å². The van der Waals surface area contributed by atoms with Crippen LogP contribution in [0, 0.1) is 5.82 Å². The van der Waals surface area contributed by atoms with Gasteiger partial charge in [0.25, 0.3) is 5.91 Å². The van der Waals surface area contributed by atoms with E-state index in [9.17, 15) is 14.0 Å². The van der Waals surface area contributed by atoms with Crippen molar-refractivity contribution in [1.29, 1.82) is 0 Å². The maximum absolute atomic E-state index is 13.1. The molecule has 4 rings (SSSR count). The molecule has 3 N–H and O–H groups in total. The first-order valence-electron chi connectivity index (χ1n) is 11.1. The van der Waals surface area contributed by atoms with Crippen LogP contribution in [0.2, 0.25) is 0 Å². The van der Waals surface area contributed by atoms with Crippen LogP contribution >= 0.6 is 11.3 Å². The van der Waals surface area contributed by atoms with Gasteiger partial charge in [-0.05, 0) is 59.9 Å². The quantitative estimate of drug-likeness (QED) is 0.271. The molecule has 0 saturated heterocycles. The highest BCUT2D eigenvalue weighted by Gasteiger charge is 2.11. The van der Waals surface area contributed by atoms with Crippen LogP contribution < -0.4 is 10.6 Å². The largest absolute Gasteiger partial charge is 0.481 e. The van der Waals surface area contributed by atoms with Crippen LogP contribution in [0.25, 0.3) is 0 Å². The summed E-state index contributed by atoms with van der Waals surface area (Å²) >= 11 is 1.19. The summed E-state index contributed by atoms with van der Waals surface area (Å²) in [6.45, 7) is 0.598. The summed E-state index contributed by atoms with van der Waals surface area (Å²) in [7, 11) is 0. The zero-order chi connectivity index (χ0) is 24.6. The number of benzene rings is 3. The maximum atomic E-state index is 13.1. The topological polar surface area (TPSA) is 91.3 Å². The van der Waals surface area contributed by atoms with Crippen LogP contribution in [-0.2, 0) is 30.6 Å². The van der Waals surface area contributed by atoms with E-state index in [1.54, 1.807) is 17.5 Å². The fraction of sp³-hybridized carbons (Fsp3) is 0.148. The molecule has 8 heteroatoms. The lowest BCUT2D eigenvalue weighted by Crippen LogP contribution is -2.12. The highest BCUT2D eigenvalue weighted by Crippen LogP contribution is 2.20. The van der Waals surface area contributed by atoms with Crippen molar-refractivity contribution < 1.29 is 19.1 Å². The number of carboxylic acids is 1. The number of hydrogen-bond donors (Lipinski definition) is 3. The molecule has 1 amide bonds. The standard InChI is InChI=1S/C27H24FN3O3S/c28-22-13-8-18(9-14-22)5-10-20-3-1-2-4-24(20)29-16-19-6-11-21(12-7-19)26(34)31-27-30-23(17-35-27)15-25(32)33/h1-4,6-9,11-14,17,29H,5,10,15-16H2,(H,32,33)(H,30,31,34). The molecule has 0 atom stereocenters. The molecule has 4 aromatic rings. The Labute approximate surface area is 206 Å². The Morgan fingerprint density at radius 2 is 1.63 bits per heavy atom. The van der Waals surface area contributed by atoms with E-state index in [1.165, 1.54) is 29.0 Å². The number of nitrogens with one attached hydrogen (secondary N) is 2. The molecule has 178 valence electrons. The second-order valence-electron chi connectivity index (χ2n) is 8.00. The van der Waals surface area contributed by atoms with Crippen LogP contribution in [0.3, 0.4) is 0 Å². The number of carboxylic acid groups (broad SMARTS) is 1. The highest BCUT2D eigenvalue weighted by molar-refractivity contribution is 7.14. The van der Waals surface area contributed by atoms with E-state index in [2.05, 4.69) is 21.7 Å². The lowest BCUT2D eigenvalue weighted by Gasteiger charge is -2.13. The van der Waals surface area contributed by atoms with Gasteiger partial charge in [0, 0.05) is 23.2 Å². The van der Waals surface area contributed by atoms with E-state index in [0.717, 1.165) is 29.7 Å². The lowest BCUT2D eigenvalue weighted by atomic mass is 10.0. The average molecular weight is 490 g/mol. The van der Waals surface area contributed by atoms with Gasteiger partial charge in [0.2, 0.25) is 0 Å². The number of amides is 1. The van der Waals surface area contributed by atoms with E-state index < -0.39 is 5.97 Å². The summed E-state index contributed by atoms with van der Waals surface area (Å²) in [4.78, 5) is 27.4. The van der Waals surface area contributed by atoms with E-state index in [1.807, 2.05) is 42.5 Å². The van der Waals surface area contributed by atoms with E-state index in [4.69, 9.17) is 5.11 Å². The van der Waals surface area contributed by atoms with E-state index in [0.29, 0.717) is 22.9 Å². The van der Waals surface area contributed by atoms with Gasteiger partial charge in [-0.15, -0.1) is 11.3 Å². The van der Waals surface area contributed by atoms with Gasteiger partial charge in [-0.2, -0.15) is 0 Å². The third-order valence-corrected chi connectivity index (χ3v) is 6.22. The molecule has 1 aromatic heterocycles. The Morgan fingerprint density at radius 3 is 2.37 bits per heavy atom. The molecule has 0 bridgehead atoms. The number of thiazole rings is 1. The number of aliphatic carboxylic acids is 1. The molecule has 0 spiro atoms. The number of anilines is 2. The predicted molar refractivity (Wildman–Crippen MR) is 135 cm³/mol. The third kappa shape index (κ3) is 6.97.